The number of hydrogen-bond donors (Lipinski definition) is 2. The highest BCUT2D eigenvalue weighted by Crippen LogP contribution is 2.20. The fraction of sp³-hybridized carbons (Fsp3) is 0.100. The van der Waals surface area contributed by atoms with Gasteiger partial charge in [0.25, 0.3) is 5.91 Å². The number of pyridine rings is 1. The molecular formula is C20H19N3O2. The third-order valence-electron chi connectivity index (χ3n) is 3.77. The van der Waals surface area contributed by atoms with Crippen LogP contribution in [0.5, 0.6) is 5.75 Å². The van der Waals surface area contributed by atoms with Crippen LogP contribution in [0, 0.1) is 6.92 Å². The third-order valence-corrected chi connectivity index (χ3v) is 3.77. The fourth-order valence-corrected chi connectivity index (χ4v) is 2.34. The van der Waals surface area contributed by atoms with Crippen molar-refractivity contribution in [1.82, 2.24) is 4.98 Å². The lowest BCUT2D eigenvalue weighted by molar-refractivity contribution is 0.102. The average Bonchev–Trinajstić information content (AvgIpc) is 2.65. The smallest absolute Gasteiger partial charge is 0.274 e. The lowest BCUT2D eigenvalue weighted by Crippen LogP contribution is -2.14. The van der Waals surface area contributed by atoms with Crippen LogP contribution in [-0.4, -0.2) is 18.0 Å². The van der Waals surface area contributed by atoms with Crippen molar-refractivity contribution < 1.29 is 9.53 Å². The lowest BCUT2D eigenvalue weighted by Gasteiger charge is -2.09. The van der Waals surface area contributed by atoms with E-state index < -0.39 is 0 Å². The molecule has 2 N–H and O–H groups in total. The first-order chi connectivity index (χ1) is 12.2. The Morgan fingerprint density at radius 3 is 2.32 bits per heavy atom. The number of anilines is 3. The maximum absolute atomic E-state index is 12.3. The number of nitrogens with one attached hydrogen (secondary N) is 2. The van der Waals surface area contributed by atoms with Crippen molar-refractivity contribution in [2.45, 2.75) is 6.92 Å². The summed E-state index contributed by atoms with van der Waals surface area (Å²) >= 11 is 0. The Kier molecular flexibility index (Phi) is 4.95. The SMILES string of the molecule is COc1ccc(Nc2ccc(C(=O)Nc3ccccc3C)nc2)cc1. The van der Waals surface area contributed by atoms with Gasteiger partial charge in [0.15, 0.2) is 0 Å². The second-order valence-corrected chi connectivity index (χ2v) is 5.55. The van der Waals surface area contributed by atoms with Crippen LogP contribution in [-0.2, 0) is 0 Å². The first-order valence-electron chi connectivity index (χ1n) is 7.90. The molecule has 1 amide bonds. The van der Waals surface area contributed by atoms with Gasteiger partial charge < -0.3 is 15.4 Å². The summed E-state index contributed by atoms with van der Waals surface area (Å²) in [6.45, 7) is 1.95. The molecule has 1 heterocycles. The van der Waals surface area contributed by atoms with E-state index in [1.165, 1.54) is 0 Å². The average molecular weight is 333 g/mol. The minimum absolute atomic E-state index is 0.231. The molecule has 0 bridgehead atoms. The van der Waals surface area contributed by atoms with Crippen molar-refractivity contribution in [3.8, 4) is 5.75 Å². The van der Waals surface area contributed by atoms with Crippen LogP contribution in [0.2, 0.25) is 0 Å². The normalized spacial score (nSPS) is 10.2. The second kappa shape index (κ2) is 7.49. The number of carbonyl (C=O) groups excluding carboxylic acids is 1. The van der Waals surface area contributed by atoms with Gasteiger partial charge >= 0.3 is 0 Å². The maximum Gasteiger partial charge on any atom is 0.274 e. The van der Waals surface area contributed by atoms with Crippen LogP contribution in [0.25, 0.3) is 0 Å². The van der Waals surface area contributed by atoms with E-state index in [0.717, 1.165) is 28.4 Å². The molecule has 5 nitrogen and oxygen atoms in total. The molecule has 0 unspecified atom stereocenters. The third kappa shape index (κ3) is 4.14. The number of para-hydroxylation sites is 1. The van der Waals surface area contributed by atoms with Crippen LogP contribution in [0.1, 0.15) is 16.1 Å². The molecule has 3 aromatic rings. The fourth-order valence-electron chi connectivity index (χ4n) is 2.34. The van der Waals surface area contributed by atoms with E-state index in [1.54, 1.807) is 19.4 Å². The van der Waals surface area contributed by atoms with E-state index in [1.807, 2.05) is 61.5 Å². The van der Waals surface area contributed by atoms with Crippen molar-refractivity contribution >= 4 is 23.0 Å². The quantitative estimate of drug-likeness (QED) is 0.727. The lowest BCUT2D eigenvalue weighted by atomic mass is 10.2. The Morgan fingerprint density at radius 2 is 1.68 bits per heavy atom. The number of rotatable bonds is 5. The Bertz CT molecular complexity index is 859. The number of amides is 1. The van der Waals surface area contributed by atoms with Gasteiger partial charge in [0.1, 0.15) is 11.4 Å². The number of carbonyl (C=O) groups is 1. The van der Waals surface area contributed by atoms with E-state index >= 15 is 0 Å². The molecule has 0 saturated carbocycles. The summed E-state index contributed by atoms with van der Waals surface area (Å²) in [6, 6.07) is 18.7. The molecule has 25 heavy (non-hydrogen) atoms. The summed E-state index contributed by atoms with van der Waals surface area (Å²) in [5.74, 6) is 0.567. The van der Waals surface area contributed by atoms with Gasteiger partial charge in [-0.05, 0) is 55.0 Å². The minimum atomic E-state index is -0.231. The molecule has 1 aromatic heterocycles. The summed E-state index contributed by atoms with van der Waals surface area (Å²) in [7, 11) is 1.63. The molecule has 0 atom stereocenters. The zero-order chi connectivity index (χ0) is 17.6. The highest BCUT2D eigenvalue weighted by Gasteiger charge is 2.09. The molecule has 5 heteroatoms. The molecule has 0 aliphatic rings. The number of nitrogens with zero attached hydrogens (tertiary/aromatic N) is 1. The molecule has 0 aliphatic carbocycles. The van der Waals surface area contributed by atoms with Gasteiger partial charge in [-0.1, -0.05) is 18.2 Å². The number of aryl methyl sites for hydroxylation is 1. The molecular weight excluding hydrogens is 314 g/mol. The molecule has 2 aromatic carbocycles. The van der Waals surface area contributed by atoms with Crippen LogP contribution >= 0.6 is 0 Å². The van der Waals surface area contributed by atoms with Gasteiger partial charge in [-0.15, -0.1) is 0 Å². The van der Waals surface area contributed by atoms with E-state index in [2.05, 4.69) is 15.6 Å². The molecule has 3 rings (SSSR count). The zero-order valence-corrected chi connectivity index (χ0v) is 14.1. The number of benzene rings is 2. The molecule has 126 valence electrons. The molecule has 0 spiro atoms. The first kappa shape index (κ1) is 16.5. The van der Waals surface area contributed by atoms with Gasteiger partial charge in [-0.2, -0.15) is 0 Å². The molecule has 0 aliphatic heterocycles. The van der Waals surface area contributed by atoms with E-state index in [-0.39, 0.29) is 5.91 Å². The van der Waals surface area contributed by atoms with Crippen LogP contribution in [0.3, 0.4) is 0 Å². The monoisotopic (exact) mass is 333 g/mol. The van der Waals surface area contributed by atoms with Gasteiger partial charge in [0.05, 0.1) is 19.0 Å². The summed E-state index contributed by atoms with van der Waals surface area (Å²) in [4.78, 5) is 16.5. The molecule has 0 radical (unpaired) electrons. The Balaban J connectivity index is 1.67. The van der Waals surface area contributed by atoms with E-state index in [4.69, 9.17) is 4.74 Å². The second-order valence-electron chi connectivity index (χ2n) is 5.55. The first-order valence-corrected chi connectivity index (χ1v) is 7.90. The van der Waals surface area contributed by atoms with Crippen molar-refractivity contribution in [3.05, 3.63) is 78.1 Å². The largest absolute Gasteiger partial charge is 0.497 e. The minimum Gasteiger partial charge on any atom is -0.497 e. The molecule has 0 fully saturated rings. The van der Waals surface area contributed by atoms with E-state index in [9.17, 15) is 4.79 Å². The van der Waals surface area contributed by atoms with Crippen molar-refractivity contribution in [1.29, 1.82) is 0 Å². The van der Waals surface area contributed by atoms with Gasteiger partial charge in [0, 0.05) is 11.4 Å². The number of hydrogen-bond acceptors (Lipinski definition) is 4. The van der Waals surface area contributed by atoms with Crippen molar-refractivity contribution in [2.75, 3.05) is 17.7 Å². The number of methoxy groups -OCH3 is 1. The van der Waals surface area contributed by atoms with Crippen LogP contribution in [0.4, 0.5) is 17.1 Å². The van der Waals surface area contributed by atoms with Crippen molar-refractivity contribution in [3.63, 3.8) is 0 Å². The summed E-state index contributed by atoms with van der Waals surface area (Å²) < 4.78 is 5.13. The standard InChI is InChI=1S/C20H19N3O2/c1-14-5-3-4-6-18(14)23-20(24)19-12-9-16(13-21-19)22-15-7-10-17(25-2)11-8-15/h3-13,22H,1-2H3,(H,23,24). The van der Waals surface area contributed by atoms with Gasteiger partial charge in [-0.3, -0.25) is 4.79 Å². The topological polar surface area (TPSA) is 63.2 Å². The van der Waals surface area contributed by atoms with Gasteiger partial charge in [0.2, 0.25) is 0 Å². The zero-order valence-electron chi connectivity index (χ0n) is 14.1. The predicted molar refractivity (Wildman–Crippen MR) is 99.6 cm³/mol. The Morgan fingerprint density at radius 1 is 0.960 bits per heavy atom. The maximum atomic E-state index is 12.3. The van der Waals surface area contributed by atoms with Gasteiger partial charge in [-0.25, -0.2) is 4.98 Å². The summed E-state index contributed by atoms with van der Waals surface area (Å²) in [5, 5.41) is 6.10. The van der Waals surface area contributed by atoms with Crippen molar-refractivity contribution in [2.24, 2.45) is 0 Å². The molecule has 0 saturated heterocycles. The summed E-state index contributed by atoms with van der Waals surface area (Å²) in [5.41, 5.74) is 3.88. The Hall–Kier alpha value is -3.34. The number of ether oxygens (including phenoxy) is 1. The highest BCUT2D eigenvalue weighted by atomic mass is 16.5. The van der Waals surface area contributed by atoms with Crippen LogP contribution < -0.4 is 15.4 Å². The number of aromatic nitrogens is 1. The van der Waals surface area contributed by atoms with E-state index in [0.29, 0.717) is 5.69 Å². The van der Waals surface area contributed by atoms with Crippen LogP contribution in [0.15, 0.2) is 66.9 Å². The Labute approximate surface area is 146 Å². The summed E-state index contributed by atoms with van der Waals surface area (Å²) in [6.07, 6.45) is 1.64. The highest BCUT2D eigenvalue weighted by molar-refractivity contribution is 6.03. The predicted octanol–water partition coefficient (Wildman–Crippen LogP) is 4.39.